The average Bonchev–Trinajstić information content (AvgIpc) is 3.34. The lowest BCUT2D eigenvalue weighted by atomic mass is 10.1. The molecule has 1 N–H and O–H groups in total. The number of nitrogens with zero attached hydrogens (tertiary/aromatic N) is 2. The number of aliphatic hydroxyl groups is 1. The van der Waals surface area contributed by atoms with E-state index in [1.54, 1.807) is 0 Å². The lowest BCUT2D eigenvalue weighted by Crippen LogP contribution is -2.31. The van der Waals surface area contributed by atoms with Crippen molar-refractivity contribution in [2.24, 2.45) is 0 Å². The Morgan fingerprint density at radius 3 is 2.14 bits per heavy atom. The first-order valence-electron chi connectivity index (χ1n) is 9.48. The molecule has 1 fully saturated rings. The molecule has 6 heteroatoms. The molecule has 28 heavy (non-hydrogen) atoms. The summed E-state index contributed by atoms with van der Waals surface area (Å²) in [5, 5.41) is 9.19. The molecule has 0 aromatic heterocycles. The summed E-state index contributed by atoms with van der Waals surface area (Å²) in [6.45, 7) is 2.04. The van der Waals surface area contributed by atoms with Crippen LogP contribution in [0.5, 0.6) is 0 Å². The van der Waals surface area contributed by atoms with Crippen LogP contribution in [0.15, 0.2) is 59.5 Å². The second-order valence-electron chi connectivity index (χ2n) is 6.80. The van der Waals surface area contributed by atoms with E-state index in [-0.39, 0.29) is 18.4 Å². The van der Waals surface area contributed by atoms with Gasteiger partial charge in [0, 0.05) is 24.5 Å². The molecule has 0 atom stereocenters. The van der Waals surface area contributed by atoms with Crippen molar-refractivity contribution in [1.82, 2.24) is 0 Å². The molecule has 4 rings (SSSR count). The maximum absolute atomic E-state index is 13.2. The van der Waals surface area contributed by atoms with Crippen LogP contribution in [0, 0.1) is 0 Å². The first kappa shape index (κ1) is 18.8. The molecule has 2 amide bonds. The number of aliphatic hydroxyl groups excluding tert-OH is 1. The smallest absolute Gasteiger partial charge is 0.272 e. The summed E-state index contributed by atoms with van der Waals surface area (Å²) in [5.41, 5.74) is 2.82. The highest BCUT2D eigenvalue weighted by Crippen LogP contribution is 2.38. The Morgan fingerprint density at radius 1 is 0.857 bits per heavy atom. The minimum atomic E-state index is -0.323. The van der Waals surface area contributed by atoms with E-state index in [1.165, 1.54) is 29.5 Å². The predicted molar refractivity (Wildman–Crippen MR) is 113 cm³/mol. The summed E-state index contributed by atoms with van der Waals surface area (Å²) in [6, 6.07) is 16.9. The topological polar surface area (TPSA) is 60.9 Å². The van der Waals surface area contributed by atoms with E-state index in [0.717, 1.165) is 24.3 Å². The van der Waals surface area contributed by atoms with Crippen LogP contribution >= 0.6 is 11.8 Å². The Balaban J connectivity index is 1.66. The van der Waals surface area contributed by atoms with Gasteiger partial charge in [-0.1, -0.05) is 30.3 Å². The fraction of sp³-hybridized carbons (Fsp3) is 0.273. The first-order chi connectivity index (χ1) is 13.7. The molecule has 2 aromatic rings. The lowest BCUT2D eigenvalue weighted by molar-refractivity contribution is -0.119. The summed E-state index contributed by atoms with van der Waals surface area (Å²) < 4.78 is 0. The van der Waals surface area contributed by atoms with Crippen molar-refractivity contribution in [2.45, 2.75) is 12.8 Å². The number of carbonyl (C=O) groups excluding carboxylic acids is 2. The van der Waals surface area contributed by atoms with Gasteiger partial charge in [0.2, 0.25) is 0 Å². The van der Waals surface area contributed by atoms with Crippen molar-refractivity contribution in [3.05, 3.63) is 65.1 Å². The summed E-state index contributed by atoms with van der Waals surface area (Å²) in [7, 11) is 0. The van der Waals surface area contributed by atoms with Crippen LogP contribution in [0.4, 0.5) is 11.4 Å². The largest absolute Gasteiger partial charge is 0.396 e. The number of anilines is 2. The van der Waals surface area contributed by atoms with Gasteiger partial charge in [0.25, 0.3) is 11.8 Å². The fourth-order valence-electron chi connectivity index (χ4n) is 3.67. The second-order valence-corrected chi connectivity index (χ2v) is 7.90. The van der Waals surface area contributed by atoms with E-state index in [2.05, 4.69) is 4.90 Å². The Bertz CT molecular complexity index is 903. The van der Waals surface area contributed by atoms with Crippen LogP contribution in [0.25, 0.3) is 5.57 Å². The third kappa shape index (κ3) is 3.45. The highest BCUT2D eigenvalue weighted by molar-refractivity contribution is 8.04. The molecule has 2 aromatic carbocycles. The molecule has 0 radical (unpaired) electrons. The van der Waals surface area contributed by atoms with E-state index in [9.17, 15) is 14.7 Å². The summed E-state index contributed by atoms with van der Waals surface area (Å²) >= 11 is 1.23. The third-order valence-electron chi connectivity index (χ3n) is 5.02. The first-order valence-corrected chi connectivity index (χ1v) is 10.5. The second kappa shape index (κ2) is 8.20. The zero-order valence-electron chi connectivity index (χ0n) is 15.5. The van der Waals surface area contributed by atoms with Gasteiger partial charge in [-0.3, -0.25) is 9.59 Å². The van der Waals surface area contributed by atoms with Crippen molar-refractivity contribution < 1.29 is 14.7 Å². The Labute approximate surface area is 168 Å². The number of imide groups is 1. The SMILES string of the molecule is O=C1C(SCCO)=C(c2ccccc2)C(=O)N1c1ccc(N2CCCC2)cc1. The lowest BCUT2D eigenvalue weighted by Gasteiger charge is -2.20. The molecule has 2 aliphatic heterocycles. The van der Waals surface area contributed by atoms with Crippen LogP contribution < -0.4 is 9.80 Å². The van der Waals surface area contributed by atoms with Crippen LogP contribution in [-0.4, -0.2) is 42.4 Å². The number of rotatable bonds is 6. The number of amides is 2. The molecule has 0 bridgehead atoms. The van der Waals surface area contributed by atoms with Crippen LogP contribution in [0.3, 0.4) is 0 Å². The zero-order valence-corrected chi connectivity index (χ0v) is 16.3. The molecule has 0 unspecified atom stereocenters. The highest BCUT2D eigenvalue weighted by atomic mass is 32.2. The Hall–Kier alpha value is -2.57. The number of hydrogen-bond acceptors (Lipinski definition) is 5. The van der Waals surface area contributed by atoms with Gasteiger partial charge < -0.3 is 10.0 Å². The van der Waals surface area contributed by atoms with Gasteiger partial charge in [-0.15, -0.1) is 11.8 Å². The summed E-state index contributed by atoms with van der Waals surface area (Å²) in [4.78, 5) is 30.2. The van der Waals surface area contributed by atoms with Gasteiger partial charge >= 0.3 is 0 Å². The van der Waals surface area contributed by atoms with Crippen molar-refractivity contribution in [3.8, 4) is 0 Å². The molecule has 0 aliphatic carbocycles. The monoisotopic (exact) mass is 394 g/mol. The van der Waals surface area contributed by atoms with Gasteiger partial charge in [-0.05, 0) is 42.7 Å². The molecule has 0 saturated carbocycles. The minimum absolute atomic E-state index is 0.0533. The summed E-state index contributed by atoms with van der Waals surface area (Å²) in [5.74, 6) is -0.270. The number of benzene rings is 2. The standard InChI is InChI=1S/C22H22N2O3S/c25-14-15-28-20-19(16-6-2-1-3-7-16)21(26)24(22(20)27)18-10-8-17(9-11-18)23-12-4-5-13-23/h1-3,6-11,25H,4-5,12-15H2. The van der Waals surface area contributed by atoms with Crippen LogP contribution in [-0.2, 0) is 9.59 Å². The number of hydrogen-bond donors (Lipinski definition) is 1. The van der Waals surface area contributed by atoms with Crippen molar-refractivity contribution >= 4 is 40.5 Å². The normalized spacial score (nSPS) is 17.2. The molecular weight excluding hydrogens is 372 g/mol. The molecule has 1 saturated heterocycles. The number of carbonyl (C=O) groups is 2. The Kier molecular flexibility index (Phi) is 5.50. The minimum Gasteiger partial charge on any atom is -0.396 e. The van der Waals surface area contributed by atoms with Gasteiger partial charge in [-0.25, -0.2) is 4.90 Å². The van der Waals surface area contributed by atoms with E-state index >= 15 is 0 Å². The average molecular weight is 394 g/mol. The van der Waals surface area contributed by atoms with E-state index in [4.69, 9.17) is 0 Å². The maximum Gasteiger partial charge on any atom is 0.272 e. The molecule has 144 valence electrons. The van der Waals surface area contributed by atoms with Gasteiger partial charge in [0.15, 0.2) is 0 Å². The van der Waals surface area contributed by atoms with Crippen molar-refractivity contribution in [3.63, 3.8) is 0 Å². The van der Waals surface area contributed by atoms with Crippen LogP contribution in [0.1, 0.15) is 18.4 Å². The third-order valence-corrected chi connectivity index (χ3v) is 6.07. The van der Waals surface area contributed by atoms with E-state index in [0.29, 0.717) is 21.9 Å². The van der Waals surface area contributed by atoms with Gasteiger partial charge in [-0.2, -0.15) is 0 Å². The molecule has 5 nitrogen and oxygen atoms in total. The predicted octanol–water partition coefficient (Wildman–Crippen LogP) is 3.30. The Morgan fingerprint density at radius 2 is 1.50 bits per heavy atom. The van der Waals surface area contributed by atoms with E-state index < -0.39 is 0 Å². The quantitative estimate of drug-likeness (QED) is 0.762. The summed E-state index contributed by atoms with van der Waals surface area (Å²) in [6.07, 6.45) is 2.39. The maximum atomic E-state index is 13.2. The fourth-order valence-corrected chi connectivity index (χ4v) is 4.53. The van der Waals surface area contributed by atoms with Gasteiger partial charge in [0.1, 0.15) is 0 Å². The molecule has 2 heterocycles. The number of thioether (sulfide) groups is 1. The highest BCUT2D eigenvalue weighted by Gasteiger charge is 2.40. The van der Waals surface area contributed by atoms with Gasteiger partial charge in [0.05, 0.1) is 22.8 Å². The zero-order chi connectivity index (χ0) is 19.5. The van der Waals surface area contributed by atoms with E-state index in [1.807, 2.05) is 54.6 Å². The molecule has 0 spiro atoms. The molecular formula is C22H22N2O3S. The molecule has 2 aliphatic rings. The van der Waals surface area contributed by atoms with Crippen molar-refractivity contribution in [1.29, 1.82) is 0 Å². The van der Waals surface area contributed by atoms with Crippen molar-refractivity contribution in [2.75, 3.05) is 35.2 Å². The van der Waals surface area contributed by atoms with Crippen LogP contribution in [0.2, 0.25) is 0 Å².